The third-order valence-corrected chi connectivity index (χ3v) is 6.72. The minimum atomic E-state index is -0.523. The number of carbonyl (C=O) groups excluding carboxylic acids is 2. The summed E-state index contributed by atoms with van der Waals surface area (Å²) in [5, 5.41) is 1.97. The topological polar surface area (TPSA) is 49.9 Å². The van der Waals surface area contributed by atoms with E-state index in [2.05, 4.69) is 0 Å². The second kappa shape index (κ2) is 8.35. The summed E-state index contributed by atoms with van der Waals surface area (Å²) in [7, 11) is 1.63. The van der Waals surface area contributed by atoms with Crippen molar-refractivity contribution in [1.29, 1.82) is 0 Å². The number of thiophene rings is 1. The van der Waals surface area contributed by atoms with E-state index in [0.29, 0.717) is 6.54 Å². The van der Waals surface area contributed by atoms with Gasteiger partial charge in [0.15, 0.2) is 0 Å². The van der Waals surface area contributed by atoms with E-state index in [1.807, 2.05) is 46.7 Å². The van der Waals surface area contributed by atoms with Gasteiger partial charge in [0.1, 0.15) is 18.3 Å². The normalized spacial score (nSPS) is 21.2. The molecule has 1 saturated carbocycles. The first-order valence-corrected chi connectivity index (χ1v) is 10.8. The molecule has 1 aliphatic carbocycles. The zero-order valence-corrected chi connectivity index (χ0v) is 17.0. The molecule has 1 unspecified atom stereocenters. The fourth-order valence-electron chi connectivity index (χ4n) is 4.28. The van der Waals surface area contributed by atoms with Crippen LogP contribution in [0, 0.1) is 0 Å². The van der Waals surface area contributed by atoms with E-state index < -0.39 is 6.04 Å². The second-order valence-corrected chi connectivity index (χ2v) is 8.52. The molecule has 2 amide bonds. The van der Waals surface area contributed by atoms with E-state index in [0.717, 1.165) is 41.9 Å². The number of piperazine rings is 1. The molecule has 1 aromatic heterocycles. The third-order valence-electron chi connectivity index (χ3n) is 5.79. The van der Waals surface area contributed by atoms with E-state index >= 15 is 0 Å². The fourth-order valence-corrected chi connectivity index (χ4v) is 5.11. The van der Waals surface area contributed by atoms with Crippen molar-refractivity contribution in [2.75, 3.05) is 13.7 Å². The summed E-state index contributed by atoms with van der Waals surface area (Å²) < 4.78 is 5.22. The first-order valence-electron chi connectivity index (χ1n) is 9.93. The number of amides is 2. The molecule has 1 aliphatic heterocycles. The SMILES string of the molecule is COc1ccc(CN2C(=O)CN(C3CCCCC3)C(=O)C2c2cccs2)cc1. The molecule has 6 heteroatoms. The molecule has 2 aromatic rings. The van der Waals surface area contributed by atoms with Crippen molar-refractivity contribution in [1.82, 2.24) is 9.80 Å². The van der Waals surface area contributed by atoms with E-state index in [1.54, 1.807) is 23.3 Å². The van der Waals surface area contributed by atoms with Crippen LogP contribution in [0.25, 0.3) is 0 Å². The van der Waals surface area contributed by atoms with Crippen LogP contribution in [0.5, 0.6) is 5.75 Å². The average Bonchev–Trinajstić information content (AvgIpc) is 3.26. The minimum absolute atomic E-state index is 0.0272. The van der Waals surface area contributed by atoms with E-state index in [1.165, 1.54) is 6.42 Å². The smallest absolute Gasteiger partial charge is 0.251 e. The minimum Gasteiger partial charge on any atom is -0.497 e. The van der Waals surface area contributed by atoms with Crippen LogP contribution in [-0.4, -0.2) is 41.3 Å². The van der Waals surface area contributed by atoms with Crippen molar-refractivity contribution in [3.05, 3.63) is 52.2 Å². The summed E-state index contributed by atoms with van der Waals surface area (Å²) in [6.45, 7) is 0.622. The molecule has 1 saturated heterocycles. The highest BCUT2D eigenvalue weighted by Gasteiger charge is 2.43. The maximum Gasteiger partial charge on any atom is 0.251 e. The van der Waals surface area contributed by atoms with Gasteiger partial charge in [-0.05, 0) is 42.0 Å². The van der Waals surface area contributed by atoms with Crippen LogP contribution < -0.4 is 4.74 Å². The Morgan fingerprint density at radius 1 is 1.07 bits per heavy atom. The van der Waals surface area contributed by atoms with Crippen molar-refractivity contribution in [3.63, 3.8) is 0 Å². The quantitative estimate of drug-likeness (QED) is 0.765. The molecule has 2 fully saturated rings. The molecule has 1 aromatic carbocycles. The van der Waals surface area contributed by atoms with Gasteiger partial charge in [0.05, 0.1) is 7.11 Å². The van der Waals surface area contributed by atoms with Crippen molar-refractivity contribution in [2.24, 2.45) is 0 Å². The van der Waals surface area contributed by atoms with Crippen LogP contribution >= 0.6 is 11.3 Å². The molecule has 28 heavy (non-hydrogen) atoms. The Labute approximate surface area is 169 Å². The number of nitrogens with zero attached hydrogens (tertiary/aromatic N) is 2. The van der Waals surface area contributed by atoms with Gasteiger partial charge in [0, 0.05) is 17.5 Å². The lowest BCUT2D eigenvalue weighted by molar-refractivity contribution is -0.159. The van der Waals surface area contributed by atoms with Gasteiger partial charge in [-0.1, -0.05) is 37.5 Å². The standard InChI is InChI=1S/C22H26N2O3S/c1-27-18-11-9-16(10-12-18)14-24-20(25)15-23(17-6-3-2-4-7-17)22(26)21(24)19-8-5-13-28-19/h5,8-13,17,21H,2-4,6-7,14-15H2,1H3. The second-order valence-electron chi connectivity index (χ2n) is 7.55. The molecular formula is C22H26N2O3S. The number of carbonyl (C=O) groups is 2. The fraction of sp³-hybridized carbons (Fsp3) is 0.455. The van der Waals surface area contributed by atoms with Crippen LogP contribution in [0.3, 0.4) is 0 Å². The van der Waals surface area contributed by atoms with Crippen molar-refractivity contribution >= 4 is 23.2 Å². The van der Waals surface area contributed by atoms with Gasteiger partial charge in [-0.15, -0.1) is 11.3 Å². The van der Waals surface area contributed by atoms with Gasteiger partial charge in [-0.25, -0.2) is 0 Å². The monoisotopic (exact) mass is 398 g/mol. The largest absolute Gasteiger partial charge is 0.497 e. The lowest BCUT2D eigenvalue weighted by Crippen LogP contribution is -2.58. The first kappa shape index (κ1) is 19.0. The molecule has 0 spiro atoms. The molecule has 5 nitrogen and oxygen atoms in total. The number of methoxy groups -OCH3 is 1. The van der Waals surface area contributed by atoms with E-state index in [-0.39, 0.29) is 24.4 Å². The summed E-state index contributed by atoms with van der Waals surface area (Å²) in [5.74, 6) is 0.880. The molecule has 0 radical (unpaired) electrons. The van der Waals surface area contributed by atoms with Gasteiger partial charge in [0.25, 0.3) is 5.91 Å². The molecule has 0 bridgehead atoms. The van der Waals surface area contributed by atoms with Gasteiger partial charge in [-0.2, -0.15) is 0 Å². The number of hydrogen-bond donors (Lipinski definition) is 0. The molecule has 1 atom stereocenters. The Kier molecular flexibility index (Phi) is 5.67. The van der Waals surface area contributed by atoms with E-state index in [4.69, 9.17) is 4.74 Å². The van der Waals surface area contributed by atoms with Crippen molar-refractivity contribution < 1.29 is 14.3 Å². The Bertz CT molecular complexity index is 813. The Hall–Kier alpha value is -2.34. The zero-order chi connectivity index (χ0) is 19.5. The summed E-state index contributed by atoms with van der Waals surface area (Å²) in [6, 6.07) is 11.3. The van der Waals surface area contributed by atoms with Crippen LogP contribution in [-0.2, 0) is 16.1 Å². The molecule has 148 valence electrons. The first-order chi connectivity index (χ1) is 13.7. The maximum absolute atomic E-state index is 13.5. The number of hydrogen-bond acceptors (Lipinski definition) is 4. The van der Waals surface area contributed by atoms with Gasteiger partial charge in [0.2, 0.25) is 5.91 Å². The van der Waals surface area contributed by atoms with Gasteiger partial charge < -0.3 is 14.5 Å². The third kappa shape index (κ3) is 3.78. The lowest BCUT2D eigenvalue weighted by atomic mass is 9.92. The van der Waals surface area contributed by atoms with Crippen LogP contribution in [0.4, 0.5) is 0 Å². The summed E-state index contributed by atoms with van der Waals surface area (Å²) in [6.07, 6.45) is 5.53. The highest BCUT2D eigenvalue weighted by atomic mass is 32.1. The number of benzene rings is 1. The van der Waals surface area contributed by atoms with Gasteiger partial charge in [-0.3, -0.25) is 9.59 Å². The highest BCUT2D eigenvalue weighted by molar-refractivity contribution is 7.10. The molecular weight excluding hydrogens is 372 g/mol. The predicted octanol–water partition coefficient (Wildman–Crippen LogP) is 4.00. The molecule has 0 N–H and O–H groups in total. The highest BCUT2D eigenvalue weighted by Crippen LogP contribution is 2.35. The number of ether oxygens (including phenoxy) is 1. The Morgan fingerprint density at radius 3 is 2.46 bits per heavy atom. The summed E-state index contributed by atoms with van der Waals surface area (Å²) in [5.41, 5.74) is 0.995. The Morgan fingerprint density at radius 2 is 1.82 bits per heavy atom. The summed E-state index contributed by atoms with van der Waals surface area (Å²) in [4.78, 5) is 31.2. The van der Waals surface area contributed by atoms with Crippen LogP contribution in [0.15, 0.2) is 41.8 Å². The summed E-state index contributed by atoms with van der Waals surface area (Å²) >= 11 is 1.54. The lowest BCUT2D eigenvalue weighted by Gasteiger charge is -2.44. The maximum atomic E-state index is 13.5. The van der Waals surface area contributed by atoms with Crippen LogP contribution in [0.2, 0.25) is 0 Å². The molecule has 4 rings (SSSR count). The number of rotatable bonds is 5. The van der Waals surface area contributed by atoms with E-state index in [9.17, 15) is 9.59 Å². The zero-order valence-electron chi connectivity index (χ0n) is 16.2. The van der Waals surface area contributed by atoms with Crippen LogP contribution in [0.1, 0.15) is 48.6 Å². The van der Waals surface area contributed by atoms with Crippen molar-refractivity contribution in [3.8, 4) is 5.75 Å². The molecule has 2 aliphatic rings. The predicted molar refractivity (Wildman–Crippen MR) is 109 cm³/mol. The average molecular weight is 399 g/mol. The molecule has 2 heterocycles. The Balaban J connectivity index is 1.61. The van der Waals surface area contributed by atoms with Crippen molar-refractivity contribution in [2.45, 2.75) is 50.7 Å². The van der Waals surface area contributed by atoms with Gasteiger partial charge >= 0.3 is 0 Å².